The maximum atomic E-state index is 11.8. The third-order valence-corrected chi connectivity index (χ3v) is 5.03. The summed E-state index contributed by atoms with van der Waals surface area (Å²) in [7, 11) is 0. The zero-order valence-electron chi connectivity index (χ0n) is 20.2. The molecule has 0 aromatic heterocycles. The predicted octanol–water partition coefficient (Wildman–Crippen LogP) is 3.31. The summed E-state index contributed by atoms with van der Waals surface area (Å²) in [6.07, 6.45) is -0.815. The third kappa shape index (κ3) is 8.21. The number of hydrogen-bond acceptors (Lipinski definition) is 9. The van der Waals surface area contributed by atoms with Crippen molar-refractivity contribution in [3.8, 4) is 5.75 Å². The van der Waals surface area contributed by atoms with Crippen molar-refractivity contribution in [1.29, 1.82) is 0 Å². The molecule has 39 heavy (non-hydrogen) atoms. The third-order valence-electron chi connectivity index (χ3n) is 5.03. The number of carboxylic acids is 2. The van der Waals surface area contributed by atoms with Gasteiger partial charge in [-0.3, -0.25) is 14.4 Å². The zero-order valence-corrected chi connectivity index (χ0v) is 20.2. The topological polar surface area (TPSA) is 213 Å². The molecule has 1 heterocycles. The number of hydrogen-bond donors (Lipinski definition) is 5. The second kappa shape index (κ2) is 13.1. The molecule has 13 heteroatoms. The van der Waals surface area contributed by atoms with Crippen LogP contribution in [-0.2, 0) is 14.3 Å². The van der Waals surface area contributed by atoms with E-state index in [1.165, 1.54) is 42.5 Å². The van der Waals surface area contributed by atoms with Gasteiger partial charge in [-0.2, -0.15) is 15.2 Å². The molecule has 0 saturated carbocycles. The molecule has 0 bridgehead atoms. The van der Waals surface area contributed by atoms with Crippen molar-refractivity contribution in [2.45, 2.75) is 12.5 Å². The molecule has 0 saturated heterocycles. The number of carbonyl (C=O) groups excluding carboxylic acids is 2. The molecule has 13 nitrogen and oxygen atoms in total. The number of amides is 2. The van der Waals surface area contributed by atoms with E-state index in [0.717, 1.165) is 5.56 Å². The van der Waals surface area contributed by atoms with Gasteiger partial charge in [-0.05, 0) is 42.5 Å². The Morgan fingerprint density at radius 2 is 1.59 bits per heavy atom. The van der Waals surface area contributed by atoms with E-state index >= 15 is 0 Å². The molecule has 0 radical (unpaired) electrons. The van der Waals surface area contributed by atoms with Crippen LogP contribution in [0, 0.1) is 0 Å². The van der Waals surface area contributed by atoms with Crippen LogP contribution >= 0.6 is 0 Å². The number of amidine groups is 1. The molecule has 1 aliphatic rings. The molecule has 6 N–H and O–H groups in total. The average Bonchev–Trinajstić information content (AvgIpc) is 3.26. The SMILES string of the molecule is NC1=NC(=O)C(c2ccccc2)O1.O=C(O)CCNC(=O)c1ccc(N=Nc2ccc(O)c(C(=O)O)c2)cc1. The number of benzene rings is 3. The lowest BCUT2D eigenvalue weighted by molar-refractivity contribution is -0.136. The van der Waals surface area contributed by atoms with Gasteiger partial charge < -0.3 is 31.1 Å². The molecule has 2 amide bonds. The highest BCUT2D eigenvalue weighted by Crippen LogP contribution is 2.25. The molecule has 1 aliphatic heterocycles. The summed E-state index contributed by atoms with van der Waals surface area (Å²) in [6.45, 7) is 0.0301. The Morgan fingerprint density at radius 1 is 0.949 bits per heavy atom. The molecular weight excluding hydrogens is 510 g/mol. The molecule has 0 spiro atoms. The van der Waals surface area contributed by atoms with Crippen molar-refractivity contribution >= 4 is 41.1 Å². The molecule has 4 rings (SSSR count). The van der Waals surface area contributed by atoms with Crippen LogP contribution in [0.5, 0.6) is 5.75 Å². The first-order chi connectivity index (χ1) is 18.6. The largest absolute Gasteiger partial charge is 0.507 e. The number of carboxylic acid groups (broad SMARTS) is 2. The number of azo groups is 1. The molecular formula is C26H23N5O8. The Balaban J connectivity index is 0.000000268. The van der Waals surface area contributed by atoms with Crippen molar-refractivity contribution in [3.63, 3.8) is 0 Å². The number of nitrogens with two attached hydrogens (primary N) is 1. The standard InChI is InChI=1S/C17H15N3O6.C9H8N2O2/c21-14-6-5-12(9-13(14)17(25)26)20-19-11-3-1-10(2-4-11)16(24)18-8-7-15(22)23;10-9-11-8(12)7(13-9)6-4-2-1-3-5-6/h1-6,9,21H,7-8H2,(H,18,24)(H,22,23)(H,25,26);1-5,7H,(H2,10,11,12). The van der Waals surface area contributed by atoms with Gasteiger partial charge in [0.05, 0.1) is 17.8 Å². The van der Waals surface area contributed by atoms with Gasteiger partial charge in [0.2, 0.25) is 6.10 Å². The summed E-state index contributed by atoms with van der Waals surface area (Å²) in [5, 5.41) is 37.2. The van der Waals surface area contributed by atoms with Crippen LogP contribution in [-0.4, -0.2) is 51.6 Å². The highest BCUT2D eigenvalue weighted by Gasteiger charge is 2.28. The molecule has 1 atom stereocenters. The monoisotopic (exact) mass is 533 g/mol. The van der Waals surface area contributed by atoms with Gasteiger partial charge in [0, 0.05) is 17.7 Å². The van der Waals surface area contributed by atoms with Gasteiger partial charge in [-0.25, -0.2) is 4.79 Å². The Hall–Kier alpha value is -5.59. The van der Waals surface area contributed by atoms with Crippen LogP contribution in [0.3, 0.4) is 0 Å². The van der Waals surface area contributed by atoms with E-state index in [2.05, 4.69) is 20.5 Å². The van der Waals surface area contributed by atoms with E-state index in [-0.39, 0.29) is 41.9 Å². The lowest BCUT2D eigenvalue weighted by Gasteiger charge is -2.07. The van der Waals surface area contributed by atoms with Gasteiger partial charge in [-0.1, -0.05) is 30.3 Å². The predicted molar refractivity (Wildman–Crippen MR) is 137 cm³/mol. The fourth-order valence-corrected chi connectivity index (χ4v) is 3.14. The number of phenols is 1. The van der Waals surface area contributed by atoms with Crippen LogP contribution in [0.4, 0.5) is 11.4 Å². The number of aromatic carboxylic acids is 1. The van der Waals surface area contributed by atoms with E-state index in [1.54, 1.807) is 12.1 Å². The van der Waals surface area contributed by atoms with Gasteiger partial charge >= 0.3 is 11.9 Å². The molecule has 3 aromatic carbocycles. The summed E-state index contributed by atoms with van der Waals surface area (Å²) >= 11 is 0. The first kappa shape index (κ1) is 28.0. The first-order valence-corrected chi connectivity index (χ1v) is 11.3. The van der Waals surface area contributed by atoms with Crippen LogP contribution in [0.15, 0.2) is 88.0 Å². The van der Waals surface area contributed by atoms with E-state index in [1.807, 2.05) is 18.2 Å². The van der Waals surface area contributed by atoms with E-state index in [0.29, 0.717) is 11.3 Å². The summed E-state index contributed by atoms with van der Waals surface area (Å²) in [5.41, 5.74) is 6.77. The minimum Gasteiger partial charge on any atom is -0.507 e. The molecule has 200 valence electrons. The zero-order chi connectivity index (χ0) is 28.4. The number of ether oxygens (including phenoxy) is 1. The quantitative estimate of drug-likeness (QED) is 0.268. The normalized spacial score (nSPS) is 14.1. The van der Waals surface area contributed by atoms with E-state index < -0.39 is 23.9 Å². The average molecular weight is 533 g/mol. The lowest BCUT2D eigenvalue weighted by atomic mass is 10.1. The number of rotatable bonds is 8. The molecule has 3 aromatic rings. The Bertz CT molecular complexity index is 1420. The first-order valence-electron chi connectivity index (χ1n) is 11.3. The maximum Gasteiger partial charge on any atom is 0.339 e. The van der Waals surface area contributed by atoms with Crippen LogP contribution in [0.1, 0.15) is 38.8 Å². The number of aliphatic imine (C=N–C) groups is 1. The number of aromatic hydroxyl groups is 1. The van der Waals surface area contributed by atoms with Crippen molar-refractivity contribution in [3.05, 3.63) is 89.5 Å². The molecule has 0 aliphatic carbocycles. The van der Waals surface area contributed by atoms with Crippen LogP contribution in [0.25, 0.3) is 0 Å². The summed E-state index contributed by atoms with van der Waals surface area (Å²) < 4.78 is 5.04. The summed E-state index contributed by atoms with van der Waals surface area (Å²) in [5.74, 6) is -3.39. The van der Waals surface area contributed by atoms with Crippen molar-refractivity contribution < 1.29 is 39.2 Å². The second-order valence-electron chi connectivity index (χ2n) is 7.85. The fourth-order valence-electron chi connectivity index (χ4n) is 3.14. The highest BCUT2D eigenvalue weighted by molar-refractivity contribution is 5.98. The highest BCUT2D eigenvalue weighted by atomic mass is 16.5. The smallest absolute Gasteiger partial charge is 0.339 e. The van der Waals surface area contributed by atoms with Gasteiger partial charge in [-0.15, -0.1) is 0 Å². The van der Waals surface area contributed by atoms with Crippen LogP contribution in [0.2, 0.25) is 0 Å². The van der Waals surface area contributed by atoms with E-state index in [9.17, 15) is 24.3 Å². The van der Waals surface area contributed by atoms with Crippen LogP contribution < -0.4 is 11.1 Å². The number of nitrogens with one attached hydrogen (secondary N) is 1. The number of aliphatic carboxylic acids is 1. The minimum absolute atomic E-state index is 0.0301. The minimum atomic E-state index is -1.28. The second-order valence-corrected chi connectivity index (χ2v) is 7.85. The van der Waals surface area contributed by atoms with Gasteiger partial charge in [0.1, 0.15) is 11.3 Å². The fraction of sp³-hybridized carbons (Fsp3) is 0.115. The maximum absolute atomic E-state index is 11.8. The molecule has 1 unspecified atom stereocenters. The van der Waals surface area contributed by atoms with Crippen molar-refractivity contribution in [1.82, 2.24) is 5.32 Å². The number of carbonyl (C=O) groups is 4. The van der Waals surface area contributed by atoms with Crippen molar-refractivity contribution in [2.75, 3.05) is 6.54 Å². The molecule has 0 fully saturated rings. The summed E-state index contributed by atoms with van der Waals surface area (Å²) in [4.78, 5) is 47.9. The van der Waals surface area contributed by atoms with Gasteiger partial charge in [0.25, 0.3) is 17.8 Å². The van der Waals surface area contributed by atoms with Gasteiger partial charge in [0.15, 0.2) is 0 Å². The lowest BCUT2D eigenvalue weighted by Crippen LogP contribution is -2.25. The number of nitrogens with zero attached hydrogens (tertiary/aromatic N) is 3. The Morgan fingerprint density at radius 3 is 2.18 bits per heavy atom. The Kier molecular flexibility index (Phi) is 9.40. The Labute approximate surface area is 221 Å². The summed E-state index contributed by atoms with van der Waals surface area (Å²) in [6, 6.07) is 19.0. The van der Waals surface area contributed by atoms with E-state index in [4.69, 9.17) is 20.7 Å². The van der Waals surface area contributed by atoms with Crippen molar-refractivity contribution in [2.24, 2.45) is 21.0 Å².